The highest BCUT2D eigenvalue weighted by Crippen LogP contribution is 2.28. The first-order chi connectivity index (χ1) is 15.5. The van der Waals surface area contributed by atoms with Gasteiger partial charge in [0.15, 0.2) is 0 Å². The summed E-state index contributed by atoms with van der Waals surface area (Å²) in [5.74, 6) is -1.49. The highest BCUT2D eigenvalue weighted by Gasteiger charge is 2.27. The zero-order valence-corrected chi connectivity index (χ0v) is 17.9. The van der Waals surface area contributed by atoms with Crippen LogP contribution in [0.2, 0.25) is 0 Å². The number of esters is 2. The minimum Gasteiger partial charge on any atom is -0.465 e. The van der Waals surface area contributed by atoms with Crippen LogP contribution in [0.4, 0.5) is 11.4 Å². The number of carbonyl (C=O) groups is 3. The predicted molar refractivity (Wildman–Crippen MR) is 122 cm³/mol. The number of carbonyl (C=O) groups excluding carboxylic acids is 3. The Morgan fingerprint density at radius 2 is 1.66 bits per heavy atom. The van der Waals surface area contributed by atoms with E-state index in [2.05, 4.69) is 5.32 Å². The number of ether oxygens (including phenoxy) is 2. The summed E-state index contributed by atoms with van der Waals surface area (Å²) >= 11 is 0. The summed E-state index contributed by atoms with van der Waals surface area (Å²) in [6, 6.07) is 16.8. The second-order valence-corrected chi connectivity index (χ2v) is 6.90. The van der Waals surface area contributed by atoms with E-state index in [9.17, 15) is 14.4 Å². The van der Waals surface area contributed by atoms with Gasteiger partial charge in [-0.05, 0) is 42.3 Å². The number of rotatable bonds is 7. The van der Waals surface area contributed by atoms with Gasteiger partial charge < -0.3 is 19.7 Å². The van der Waals surface area contributed by atoms with Crippen LogP contribution in [0.5, 0.6) is 0 Å². The van der Waals surface area contributed by atoms with Crippen molar-refractivity contribution in [2.24, 2.45) is 0 Å². The molecule has 0 radical (unpaired) electrons. The zero-order chi connectivity index (χ0) is 22.9. The first kappa shape index (κ1) is 22.6. The van der Waals surface area contributed by atoms with Crippen LogP contribution in [0, 0.1) is 0 Å². The molecule has 7 nitrogen and oxygen atoms in total. The number of aryl methyl sites for hydroxylation is 1. The summed E-state index contributed by atoms with van der Waals surface area (Å²) in [5, 5.41) is 2.88. The van der Waals surface area contributed by atoms with Crippen molar-refractivity contribution in [3.8, 4) is 0 Å². The van der Waals surface area contributed by atoms with Gasteiger partial charge in [-0.3, -0.25) is 4.79 Å². The Balaban J connectivity index is 1.84. The molecule has 1 aliphatic heterocycles. The van der Waals surface area contributed by atoms with E-state index in [-0.39, 0.29) is 17.2 Å². The van der Waals surface area contributed by atoms with Crippen molar-refractivity contribution in [3.63, 3.8) is 0 Å². The van der Waals surface area contributed by atoms with E-state index in [1.54, 1.807) is 42.6 Å². The summed E-state index contributed by atoms with van der Waals surface area (Å²) in [6.07, 6.45) is 7.40. The number of nitrogens with zero attached hydrogens (tertiary/aromatic N) is 1. The van der Waals surface area contributed by atoms with Gasteiger partial charge in [-0.2, -0.15) is 0 Å². The van der Waals surface area contributed by atoms with Crippen LogP contribution in [0.25, 0.3) is 0 Å². The van der Waals surface area contributed by atoms with Gasteiger partial charge in [0.25, 0.3) is 0 Å². The van der Waals surface area contributed by atoms with Crippen LogP contribution in [0.15, 0.2) is 90.3 Å². The minimum atomic E-state index is -0.695. The first-order valence-electron chi connectivity index (χ1n) is 10.0. The summed E-state index contributed by atoms with van der Waals surface area (Å²) < 4.78 is 9.73. The van der Waals surface area contributed by atoms with Crippen LogP contribution in [-0.2, 0) is 30.3 Å². The fourth-order valence-corrected chi connectivity index (χ4v) is 3.23. The number of hydrogen-bond donors (Lipinski definition) is 1. The molecule has 1 aliphatic rings. The quantitative estimate of drug-likeness (QED) is 0.671. The van der Waals surface area contributed by atoms with Gasteiger partial charge in [-0.25, -0.2) is 9.59 Å². The molecule has 0 unspecified atom stereocenters. The second-order valence-electron chi connectivity index (χ2n) is 6.90. The molecule has 0 aromatic heterocycles. The Kier molecular flexibility index (Phi) is 7.59. The van der Waals surface area contributed by atoms with Gasteiger partial charge in [0.2, 0.25) is 5.91 Å². The lowest BCUT2D eigenvalue weighted by atomic mass is 10.1. The molecule has 0 bridgehead atoms. The highest BCUT2D eigenvalue weighted by molar-refractivity contribution is 6.05. The Bertz CT molecular complexity index is 1090. The molecule has 2 aromatic carbocycles. The highest BCUT2D eigenvalue weighted by atomic mass is 16.5. The van der Waals surface area contributed by atoms with Crippen LogP contribution in [0.1, 0.15) is 12.0 Å². The number of anilines is 2. The van der Waals surface area contributed by atoms with Gasteiger partial charge in [-0.1, -0.05) is 42.5 Å². The number of amides is 1. The van der Waals surface area contributed by atoms with Gasteiger partial charge in [0.05, 0.1) is 19.8 Å². The molecule has 3 rings (SSSR count). The lowest BCUT2D eigenvalue weighted by Crippen LogP contribution is -2.27. The van der Waals surface area contributed by atoms with Crippen molar-refractivity contribution in [1.82, 2.24) is 0 Å². The fourth-order valence-electron chi connectivity index (χ4n) is 3.23. The number of methoxy groups -OCH3 is 2. The molecule has 32 heavy (non-hydrogen) atoms. The Labute approximate surface area is 186 Å². The van der Waals surface area contributed by atoms with Crippen LogP contribution < -0.4 is 10.2 Å². The molecule has 0 saturated carbocycles. The topological polar surface area (TPSA) is 84.9 Å². The molecule has 0 aliphatic carbocycles. The summed E-state index contributed by atoms with van der Waals surface area (Å²) in [6.45, 7) is 0. The zero-order valence-electron chi connectivity index (χ0n) is 17.9. The molecule has 1 heterocycles. The Morgan fingerprint density at radius 3 is 2.38 bits per heavy atom. The van der Waals surface area contributed by atoms with Crippen molar-refractivity contribution in [2.75, 3.05) is 24.4 Å². The van der Waals surface area contributed by atoms with E-state index < -0.39 is 11.9 Å². The molecule has 1 amide bonds. The molecule has 1 N–H and O–H groups in total. The molecular formula is C25H24N2O5. The number of benzene rings is 2. The van der Waals surface area contributed by atoms with E-state index in [1.807, 2.05) is 30.3 Å². The summed E-state index contributed by atoms with van der Waals surface area (Å²) in [4.78, 5) is 38.8. The molecule has 0 spiro atoms. The van der Waals surface area contributed by atoms with E-state index in [0.29, 0.717) is 24.2 Å². The summed E-state index contributed by atoms with van der Waals surface area (Å²) in [5.41, 5.74) is 2.28. The monoisotopic (exact) mass is 432 g/mol. The predicted octanol–water partition coefficient (Wildman–Crippen LogP) is 3.75. The number of allylic oxidation sites excluding steroid dienone is 2. The van der Waals surface area contributed by atoms with Crippen molar-refractivity contribution >= 4 is 29.2 Å². The van der Waals surface area contributed by atoms with Crippen LogP contribution in [-0.4, -0.2) is 32.1 Å². The van der Waals surface area contributed by atoms with Gasteiger partial charge in [0, 0.05) is 24.0 Å². The molecule has 0 atom stereocenters. The van der Waals surface area contributed by atoms with Crippen molar-refractivity contribution in [1.29, 1.82) is 0 Å². The lowest BCUT2D eigenvalue weighted by Gasteiger charge is -2.23. The summed E-state index contributed by atoms with van der Waals surface area (Å²) in [7, 11) is 2.48. The second kappa shape index (κ2) is 10.8. The molecule has 0 saturated heterocycles. The van der Waals surface area contributed by atoms with Gasteiger partial charge >= 0.3 is 11.9 Å². The fraction of sp³-hybridized carbons (Fsp3) is 0.160. The smallest absolute Gasteiger partial charge is 0.355 e. The number of nitrogens with one attached hydrogen (secondary N) is 1. The SMILES string of the molecule is COC(=O)C1=C(C(=O)OC)N(c2cccc(NC(=O)CCc3ccccc3)c2)C=CC=C1. The van der Waals surface area contributed by atoms with Gasteiger partial charge in [-0.15, -0.1) is 0 Å². The van der Waals surface area contributed by atoms with Crippen molar-refractivity contribution in [3.05, 3.63) is 95.9 Å². The van der Waals surface area contributed by atoms with E-state index in [4.69, 9.17) is 9.47 Å². The third kappa shape index (κ3) is 5.51. The third-order valence-electron chi connectivity index (χ3n) is 4.78. The molecule has 0 fully saturated rings. The number of hydrogen-bond acceptors (Lipinski definition) is 6. The standard InChI is InChI=1S/C25H24N2O5/c1-31-24(29)21-13-6-7-16-27(23(21)25(30)32-2)20-12-8-11-19(17-20)26-22(28)15-14-18-9-4-3-5-10-18/h3-13,16-17H,14-15H2,1-2H3,(H,26,28). The van der Waals surface area contributed by atoms with Crippen molar-refractivity contribution in [2.45, 2.75) is 12.8 Å². The van der Waals surface area contributed by atoms with E-state index >= 15 is 0 Å². The first-order valence-corrected chi connectivity index (χ1v) is 10.0. The Morgan fingerprint density at radius 1 is 0.906 bits per heavy atom. The molecule has 7 heteroatoms. The maximum Gasteiger partial charge on any atom is 0.355 e. The third-order valence-corrected chi connectivity index (χ3v) is 4.78. The largest absolute Gasteiger partial charge is 0.465 e. The van der Waals surface area contributed by atoms with Crippen LogP contribution >= 0.6 is 0 Å². The average molecular weight is 432 g/mol. The minimum absolute atomic E-state index is 0.0110. The maximum absolute atomic E-state index is 12.5. The Hall–Kier alpha value is -4.13. The average Bonchev–Trinajstić information content (AvgIpc) is 3.05. The van der Waals surface area contributed by atoms with Crippen LogP contribution in [0.3, 0.4) is 0 Å². The lowest BCUT2D eigenvalue weighted by molar-refractivity contribution is -0.139. The van der Waals surface area contributed by atoms with E-state index in [1.165, 1.54) is 25.2 Å². The van der Waals surface area contributed by atoms with Gasteiger partial charge in [0.1, 0.15) is 5.70 Å². The molecule has 2 aromatic rings. The van der Waals surface area contributed by atoms with E-state index in [0.717, 1.165) is 5.56 Å². The van der Waals surface area contributed by atoms with Crippen molar-refractivity contribution < 1.29 is 23.9 Å². The normalized spacial score (nSPS) is 12.9. The maximum atomic E-state index is 12.5. The molecular weight excluding hydrogens is 408 g/mol. The molecule has 164 valence electrons.